The Morgan fingerprint density at radius 2 is 2.16 bits per heavy atom. The van der Waals surface area contributed by atoms with E-state index in [0.717, 1.165) is 9.50 Å². The minimum Gasteiger partial charge on any atom is -0.478 e. The van der Waals surface area contributed by atoms with Crippen LogP contribution in [0.25, 0.3) is 0 Å². The van der Waals surface area contributed by atoms with Gasteiger partial charge in [0.15, 0.2) is 0 Å². The number of benzene rings is 1. The maximum absolute atomic E-state index is 11.1. The van der Waals surface area contributed by atoms with Crippen LogP contribution in [0.2, 0.25) is 0 Å². The van der Waals surface area contributed by atoms with E-state index in [0.29, 0.717) is 5.88 Å². The van der Waals surface area contributed by atoms with Gasteiger partial charge < -0.3 is 9.84 Å². The second-order valence-corrected chi connectivity index (χ2v) is 5.19. The molecule has 5 nitrogen and oxygen atoms in total. The number of carboxylic acid groups (broad SMARTS) is 1. The summed E-state index contributed by atoms with van der Waals surface area (Å²) in [5.41, 5.74) is 0.0764. The Hall–Kier alpha value is -1.60. The maximum Gasteiger partial charge on any atom is 0.339 e. The summed E-state index contributed by atoms with van der Waals surface area (Å²) in [5.74, 6) is -0.519. The molecule has 1 aromatic heterocycles. The van der Waals surface area contributed by atoms with Gasteiger partial charge in [-0.1, -0.05) is 15.9 Å². The number of rotatable bonds is 4. The van der Waals surface area contributed by atoms with E-state index >= 15 is 0 Å². The fourth-order valence-electron chi connectivity index (χ4n) is 1.36. The Morgan fingerprint density at radius 1 is 1.37 bits per heavy atom. The van der Waals surface area contributed by atoms with E-state index in [4.69, 9.17) is 9.84 Å². The molecule has 0 bridgehead atoms. The van der Waals surface area contributed by atoms with Crippen molar-refractivity contribution in [3.05, 3.63) is 40.6 Å². The van der Waals surface area contributed by atoms with Gasteiger partial charge in [-0.05, 0) is 24.5 Å². The molecule has 0 aliphatic heterocycles. The molecule has 0 amide bonds. The molecular formula is C12H9BrN2O3S. The van der Waals surface area contributed by atoms with Gasteiger partial charge in [-0.2, -0.15) is 0 Å². The zero-order valence-corrected chi connectivity index (χ0v) is 12.2. The van der Waals surface area contributed by atoms with Crippen LogP contribution in [0.15, 0.2) is 40.1 Å². The molecule has 1 N–H and O–H groups in total. The highest BCUT2D eigenvalue weighted by Crippen LogP contribution is 2.28. The normalized spacial score (nSPS) is 10.2. The van der Waals surface area contributed by atoms with Gasteiger partial charge in [0.25, 0.3) is 0 Å². The van der Waals surface area contributed by atoms with Crippen molar-refractivity contribution in [3.8, 4) is 11.6 Å². The van der Waals surface area contributed by atoms with E-state index < -0.39 is 5.97 Å². The van der Waals surface area contributed by atoms with Gasteiger partial charge in [-0.15, -0.1) is 11.8 Å². The number of hydrogen-bond donors (Lipinski definition) is 1. The van der Waals surface area contributed by atoms with Crippen LogP contribution in [0.5, 0.6) is 11.6 Å². The van der Waals surface area contributed by atoms with Gasteiger partial charge >= 0.3 is 5.97 Å². The first-order valence-electron chi connectivity index (χ1n) is 5.17. The zero-order valence-electron chi connectivity index (χ0n) is 9.83. The lowest BCUT2D eigenvalue weighted by Crippen LogP contribution is -2.00. The molecule has 1 aromatic carbocycles. The summed E-state index contributed by atoms with van der Waals surface area (Å²) in [5, 5.41) is 9.85. The molecule has 0 unspecified atom stereocenters. The van der Waals surface area contributed by atoms with E-state index in [9.17, 15) is 4.79 Å². The lowest BCUT2D eigenvalue weighted by atomic mass is 10.2. The van der Waals surface area contributed by atoms with Crippen molar-refractivity contribution in [2.24, 2.45) is 0 Å². The van der Waals surface area contributed by atoms with Gasteiger partial charge in [-0.25, -0.2) is 14.8 Å². The van der Waals surface area contributed by atoms with Gasteiger partial charge in [0, 0.05) is 10.5 Å². The van der Waals surface area contributed by atoms with Crippen molar-refractivity contribution in [1.29, 1.82) is 0 Å². The molecule has 0 radical (unpaired) electrons. The molecule has 19 heavy (non-hydrogen) atoms. The molecule has 1 heterocycles. The van der Waals surface area contributed by atoms with Gasteiger partial charge in [0.1, 0.15) is 22.7 Å². The molecular weight excluding hydrogens is 332 g/mol. The number of aromatic carboxylic acids is 1. The van der Waals surface area contributed by atoms with Crippen LogP contribution in [0.3, 0.4) is 0 Å². The van der Waals surface area contributed by atoms with Crippen molar-refractivity contribution in [2.75, 3.05) is 6.26 Å². The van der Waals surface area contributed by atoms with Crippen molar-refractivity contribution >= 4 is 33.7 Å². The summed E-state index contributed by atoms with van der Waals surface area (Å²) >= 11 is 4.73. The second-order valence-electron chi connectivity index (χ2n) is 3.45. The third-order valence-corrected chi connectivity index (χ3v) is 3.35. The Morgan fingerprint density at radius 3 is 2.84 bits per heavy atom. The fourth-order valence-corrected chi connectivity index (χ4v) is 2.07. The van der Waals surface area contributed by atoms with Crippen LogP contribution in [0, 0.1) is 0 Å². The molecule has 0 saturated carbocycles. The minimum atomic E-state index is -1.05. The predicted octanol–water partition coefficient (Wildman–Crippen LogP) is 3.45. The monoisotopic (exact) mass is 340 g/mol. The summed E-state index contributed by atoms with van der Waals surface area (Å²) in [6.45, 7) is 0. The van der Waals surface area contributed by atoms with Crippen LogP contribution in [-0.4, -0.2) is 27.3 Å². The minimum absolute atomic E-state index is 0.0764. The lowest BCUT2D eigenvalue weighted by Gasteiger charge is -2.08. The Kier molecular flexibility index (Phi) is 4.39. The standard InChI is InChI=1S/C12H9BrN2O3S/c1-19-11-5-10(14-6-15-11)18-9-4-7(13)2-3-8(9)12(16)17/h2-6H,1H3,(H,16,17). The van der Waals surface area contributed by atoms with Crippen molar-refractivity contribution in [2.45, 2.75) is 5.03 Å². The molecule has 0 aliphatic carbocycles. The first-order valence-corrected chi connectivity index (χ1v) is 7.18. The van der Waals surface area contributed by atoms with Crippen molar-refractivity contribution < 1.29 is 14.6 Å². The molecule has 98 valence electrons. The maximum atomic E-state index is 11.1. The Balaban J connectivity index is 2.36. The zero-order chi connectivity index (χ0) is 13.8. The quantitative estimate of drug-likeness (QED) is 0.678. The van der Waals surface area contributed by atoms with E-state index in [1.165, 1.54) is 24.2 Å². The first-order chi connectivity index (χ1) is 9.10. The topological polar surface area (TPSA) is 72.3 Å². The third-order valence-electron chi connectivity index (χ3n) is 2.21. The van der Waals surface area contributed by atoms with Crippen LogP contribution < -0.4 is 4.74 Å². The van der Waals surface area contributed by atoms with E-state index in [1.807, 2.05) is 6.26 Å². The number of hydrogen-bond acceptors (Lipinski definition) is 5. The molecule has 0 spiro atoms. The molecule has 2 rings (SSSR count). The number of aromatic nitrogens is 2. The van der Waals surface area contributed by atoms with E-state index in [1.54, 1.807) is 18.2 Å². The van der Waals surface area contributed by atoms with Crippen LogP contribution >= 0.6 is 27.7 Å². The number of halogens is 1. The highest BCUT2D eigenvalue weighted by Gasteiger charge is 2.13. The highest BCUT2D eigenvalue weighted by molar-refractivity contribution is 9.10. The summed E-state index contributed by atoms with van der Waals surface area (Å²) in [6, 6.07) is 6.35. The largest absolute Gasteiger partial charge is 0.478 e. The third kappa shape index (κ3) is 3.45. The molecule has 0 saturated heterocycles. The number of carbonyl (C=O) groups is 1. The molecule has 0 fully saturated rings. The summed E-state index contributed by atoms with van der Waals surface area (Å²) in [4.78, 5) is 19.1. The molecule has 2 aromatic rings. The van der Waals surface area contributed by atoms with E-state index in [-0.39, 0.29) is 11.3 Å². The average Bonchev–Trinajstić information content (AvgIpc) is 2.38. The number of ether oxygens (including phenoxy) is 1. The Labute approximate surface area is 122 Å². The summed E-state index contributed by atoms with van der Waals surface area (Å²) in [7, 11) is 0. The van der Waals surface area contributed by atoms with Crippen LogP contribution in [0.1, 0.15) is 10.4 Å². The molecule has 7 heteroatoms. The highest BCUT2D eigenvalue weighted by atomic mass is 79.9. The molecule has 0 aliphatic rings. The SMILES string of the molecule is CSc1cc(Oc2cc(Br)ccc2C(=O)O)ncn1. The number of nitrogens with zero attached hydrogens (tertiary/aromatic N) is 2. The number of thioether (sulfide) groups is 1. The summed E-state index contributed by atoms with van der Waals surface area (Å²) < 4.78 is 6.25. The van der Waals surface area contributed by atoms with E-state index in [2.05, 4.69) is 25.9 Å². The second kappa shape index (κ2) is 6.03. The van der Waals surface area contributed by atoms with Crippen molar-refractivity contribution in [1.82, 2.24) is 9.97 Å². The smallest absolute Gasteiger partial charge is 0.339 e. The van der Waals surface area contributed by atoms with Crippen LogP contribution in [0.4, 0.5) is 0 Å². The number of carboxylic acids is 1. The van der Waals surface area contributed by atoms with Gasteiger partial charge in [-0.3, -0.25) is 0 Å². The Bertz CT molecular complexity index is 622. The van der Waals surface area contributed by atoms with Gasteiger partial charge in [0.05, 0.1) is 0 Å². The fraction of sp³-hybridized carbons (Fsp3) is 0.0833. The average molecular weight is 341 g/mol. The summed E-state index contributed by atoms with van der Waals surface area (Å²) in [6.07, 6.45) is 3.26. The predicted molar refractivity (Wildman–Crippen MR) is 75.0 cm³/mol. The molecule has 0 atom stereocenters. The lowest BCUT2D eigenvalue weighted by molar-refractivity contribution is 0.0694. The first kappa shape index (κ1) is 13.8. The van der Waals surface area contributed by atoms with Crippen molar-refractivity contribution in [3.63, 3.8) is 0 Å². The van der Waals surface area contributed by atoms with Crippen LogP contribution in [-0.2, 0) is 0 Å². The van der Waals surface area contributed by atoms with Gasteiger partial charge in [0.2, 0.25) is 5.88 Å².